The molecule has 21 heavy (non-hydrogen) atoms. The van der Waals surface area contributed by atoms with Crippen molar-refractivity contribution < 1.29 is 14.5 Å². The molecule has 0 aromatic heterocycles. The van der Waals surface area contributed by atoms with Crippen LogP contribution in [-0.2, 0) is 6.61 Å². The number of benzene rings is 2. The van der Waals surface area contributed by atoms with E-state index in [1.54, 1.807) is 30.3 Å². The molecule has 0 aliphatic carbocycles. The molecule has 0 spiro atoms. The van der Waals surface area contributed by atoms with Crippen molar-refractivity contribution in [2.45, 2.75) is 13.5 Å². The number of rotatable bonds is 5. The second kappa shape index (κ2) is 6.37. The lowest BCUT2D eigenvalue weighted by molar-refractivity contribution is -0.384. The van der Waals surface area contributed by atoms with E-state index in [9.17, 15) is 14.9 Å². The number of nitro groups is 1. The standard InChI is InChI=1S/C15H12ClNO4/c1-10(18)14-6-5-13(8-15(14)16)21-9-11-3-2-4-12(7-11)17(19)20/h2-8H,9H2,1H3. The lowest BCUT2D eigenvalue weighted by Gasteiger charge is -2.08. The van der Waals surface area contributed by atoms with E-state index in [0.29, 0.717) is 21.9 Å². The van der Waals surface area contributed by atoms with E-state index >= 15 is 0 Å². The number of nitro benzene ring substituents is 1. The monoisotopic (exact) mass is 305 g/mol. The van der Waals surface area contributed by atoms with Gasteiger partial charge in [0.05, 0.1) is 9.95 Å². The van der Waals surface area contributed by atoms with Gasteiger partial charge in [0.25, 0.3) is 5.69 Å². The van der Waals surface area contributed by atoms with Gasteiger partial charge in [-0.25, -0.2) is 0 Å². The van der Waals surface area contributed by atoms with Crippen LogP contribution in [0.2, 0.25) is 5.02 Å². The van der Waals surface area contributed by atoms with E-state index < -0.39 is 4.92 Å². The zero-order valence-corrected chi connectivity index (χ0v) is 12.0. The van der Waals surface area contributed by atoms with Crippen LogP contribution < -0.4 is 4.74 Å². The van der Waals surface area contributed by atoms with Crippen molar-refractivity contribution in [3.8, 4) is 5.75 Å². The van der Waals surface area contributed by atoms with Gasteiger partial charge in [-0.15, -0.1) is 0 Å². The Balaban J connectivity index is 2.10. The zero-order chi connectivity index (χ0) is 15.4. The summed E-state index contributed by atoms with van der Waals surface area (Å²) in [4.78, 5) is 21.5. The molecule has 0 N–H and O–H groups in total. The van der Waals surface area contributed by atoms with Gasteiger partial charge < -0.3 is 4.74 Å². The molecule has 2 rings (SSSR count). The van der Waals surface area contributed by atoms with Crippen molar-refractivity contribution in [1.82, 2.24) is 0 Å². The highest BCUT2D eigenvalue weighted by Gasteiger charge is 2.08. The van der Waals surface area contributed by atoms with Crippen LogP contribution in [-0.4, -0.2) is 10.7 Å². The SMILES string of the molecule is CC(=O)c1ccc(OCc2cccc([N+](=O)[O-])c2)cc1Cl. The third-order valence-corrected chi connectivity index (χ3v) is 3.16. The van der Waals surface area contributed by atoms with Gasteiger partial charge >= 0.3 is 0 Å². The summed E-state index contributed by atoms with van der Waals surface area (Å²) in [5, 5.41) is 11.0. The van der Waals surface area contributed by atoms with Crippen LogP contribution in [0.4, 0.5) is 5.69 Å². The number of nitrogens with zero attached hydrogens (tertiary/aromatic N) is 1. The minimum absolute atomic E-state index is 0.0149. The Morgan fingerprint density at radius 1 is 1.29 bits per heavy atom. The molecular formula is C15H12ClNO4. The van der Waals surface area contributed by atoms with Crippen LogP contribution in [0, 0.1) is 10.1 Å². The summed E-state index contributed by atoms with van der Waals surface area (Å²) >= 11 is 5.98. The van der Waals surface area contributed by atoms with E-state index in [-0.39, 0.29) is 18.1 Å². The Kier molecular flexibility index (Phi) is 4.55. The maximum absolute atomic E-state index is 11.3. The first-order valence-corrected chi connectivity index (χ1v) is 6.52. The first-order chi connectivity index (χ1) is 9.97. The quantitative estimate of drug-likeness (QED) is 0.475. The Hall–Kier alpha value is -2.40. The van der Waals surface area contributed by atoms with Gasteiger partial charge in [0.2, 0.25) is 0 Å². The lowest BCUT2D eigenvalue weighted by atomic mass is 10.1. The molecule has 2 aromatic carbocycles. The van der Waals surface area contributed by atoms with E-state index in [4.69, 9.17) is 16.3 Å². The number of Topliss-reactive ketones (excluding diaryl/α,β-unsaturated/α-hetero) is 1. The zero-order valence-electron chi connectivity index (χ0n) is 11.2. The molecule has 0 aliphatic heterocycles. The molecular weight excluding hydrogens is 294 g/mol. The number of carbonyl (C=O) groups is 1. The van der Waals surface area contributed by atoms with Gasteiger partial charge in [0.1, 0.15) is 12.4 Å². The van der Waals surface area contributed by atoms with Crippen molar-refractivity contribution in [3.63, 3.8) is 0 Å². The lowest BCUT2D eigenvalue weighted by Crippen LogP contribution is -1.98. The first kappa shape index (κ1) is 15.0. The second-order valence-corrected chi connectivity index (χ2v) is 4.82. The number of hydrogen-bond donors (Lipinski definition) is 0. The Morgan fingerprint density at radius 3 is 2.67 bits per heavy atom. The predicted molar refractivity (Wildman–Crippen MR) is 78.9 cm³/mol. The van der Waals surface area contributed by atoms with Gasteiger partial charge in [-0.3, -0.25) is 14.9 Å². The molecule has 0 atom stereocenters. The Bertz CT molecular complexity index is 700. The number of non-ortho nitro benzene ring substituents is 1. The molecule has 6 heteroatoms. The van der Waals surface area contributed by atoms with Gasteiger partial charge in [-0.05, 0) is 30.7 Å². The molecule has 108 valence electrons. The fourth-order valence-corrected chi connectivity index (χ4v) is 2.10. The summed E-state index contributed by atoms with van der Waals surface area (Å²) in [6, 6.07) is 11.0. The summed E-state index contributed by atoms with van der Waals surface area (Å²) in [5.74, 6) is 0.377. The normalized spacial score (nSPS) is 10.2. The van der Waals surface area contributed by atoms with Gasteiger partial charge in [-0.2, -0.15) is 0 Å². The van der Waals surface area contributed by atoms with E-state index in [1.165, 1.54) is 19.1 Å². The maximum atomic E-state index is 11.3. The highest BCUT2D eigenvalue weighted by atomic mass is 35.5. The summed E-state index contributed by atoms with van der Waals surface area (Å²) in [5.41, 5.74) is 1.12. The molecule has 0 aliphatic rings. The van der Waals surface area contributed by atoms with E-state index in [1.807, 2.05) is 0 Å². The topological polar surface area (TPSA) is 69.4 Å². The van der Waals surface area contributed by atoms with Crippen molar-refractivity contribution in [1.29, 1.82) is 0 Å². The van der Waals surface area contributed by atoms with Crippen LogP contribution in [0.15, 0.2) is 42.5 Å². The van der Waals surface area contributed by atoms with Crippen LogP contribution in [0.1, 0.15) is 22.8 Å². The highest BCUT2D eigenvalue weighted by molar-refractivity contribution is 6.34. The molecule has 0 bridgehead atoms. The van der Waals surface area contributed by atoms with Crippen molar-refractivity contribution >= 4 is 23.1 Å². The summed E-state index contributed by atoms with van der Waals surface area (Å²) < 4.78 is 5.52. The molecule has 5 nitrogen and oxygen atoms in total. The fourth-order valence-electron chi connectivity index (χ4n) is 1.80. The molecule has 0 fully saturated rings. The highest BCUT2D eigenvalue weighted by Crippen LogP contribution is 2.24. The second-order valence-electron chi connectivity index (χ2n) is 4.41. The fraction of sp³-hybridized carbons (Fsp3) is 0.133. The number of ketones is 1. The van der Waals surface area contributed by atoms with Gasteiger partial charge in [0.15, 0.2) is 5.78 Å². The number of ether oxygens (including phenoxy) is 1. The Labute approximate surface area is 126 Å². The average Bonchev–Trinajstić information content (AvgIpc) is 2.45. The summed E-state index contributed by atoms with van der Waals surface area (Å²) in [6.07, 6.45) is 0. The minimum atomic E-state index is -0.456. The predicted octanol–water partition coefficient (Wildman–Crippen LogP) is 4.03. The molecule has 0 amide bonds. The number of halogens is 1. The molecule has 2 aromatic rings. The summed E-state index contributed by atoms with van der Waals surface area (Å²) in [6.45, 7) is 1.61. The van der Waals surface area contributed by atoms with Crippen LogP contribution in [0.5, 0.6) is 5.75 Å². The first-order valence-electron chi connectivity index (χ1n) is 6.14. The number of hydrogen-bond acceptors (Lipinski definition) is 4. The number of carbonyl (C=O) groups excluding carboxylic acids is 1. The maximum Gasteiger partial charge on any atom is 0.269 e. The molecule has 0 saturated heterocycles. The third kappa shape index (κ3) is 3.79. The van der Waals surface area contributed by atoms with Crippen molar-refractivity contribution in [3.05, 3.63) is 68.7 Å². The van der Waals surface area contributed by atoms with Crippen LogP contribution in [0.25, 0.3) is 0 Å². The smallest absolute Gasteiger partial charge is 0.269 e. The van der Waals surface area contributed by atoms with Gasteiger partial charge in [0, 0.05) is 17.7 Å². The van der Waals surface area contributed by atoms with E-state index in [2.05, 4.69) is 0 Å². The Morgan fingerprint density at radius 2 is 2.05 bits per heavy atom. The van der Waals surface area contributed by atoms with Crippen molar-refractivity contribution in [2.75, 3.05) is 0 Å². The average molecular weight is 306 g/mol. The third-order valence-electron chi connectivity index (χ3n) is 2.85. The summed E-state index contributed by atoms with van der Waals surface area (Å²) in [7, 11) is 0. The van der Waals surface area contributed by atoms with Crippen LogP contribution in [0.3, 0.4) is 0 Å². The molecule has 0 heterocycles. The molecule has 0 unspecified atom stereocenters. The minimum Gasteiger partial charge on any atom is -0.489 e. The van der Waals surface area contributed by atoms with Gasteiger partial charge in [-0.1, -0.05) is 23.7 Å². The van der Waals surface area contributed by atoms with E-state index in [0.717, 1.165) is 0 Å². The largest absolute Gasteiger partial charge is 0.489 e. The van der Waals surface area contributed by atoms with Crippen LogP contribution >= 0.6 is 11.6 Å². The molecule has 0 saturated carbocycles. The molecule has 0 radical (unpaired) electrons. The van der Waals surface area contributed by atoms with Crippen molar-refractivity contribution in [2.24, 2.45) is 0 Å².